The van der Waals surface area contributed by atoms with E-state index in [1.807, 2.05) is 19.2 Å². The number of hydrogen-bond acceptors (Lipinski definition) is 5. The van der Waals surface area contributed by atoms with Gasteiger partial charge >= 0.3 is 0 Å². The third kappa shape index (κ3) is 4.87. The lowest BCUT2D eigenvalue weighted by Gasteiger charge is -2.34. The van der Waals surface area contributed by atoms with Crippen molar-refractivity contribution in [3.05, 3.63) is 17.7 Å². The number of methoxy groups -OCH3 is 3. The molecule has 7 heteroatoms. The fourth-order valence-electron chi connectivity index (χ4n) is 2.91. The molecule has 1 heterocycles. The highest BCUT2D eigenvalue weighted by Gasteiger charge is 2.21. The summed E-state index contributed by atoms with van der Waals surface area (Å²) in [7, 11) is 6.70. The van der Waals surface area contributed by atoms with Crippen molar-refractivity contribution in [1.29, 1.82) is 0 Å². The van der Waals surface area contributed by atoms with E-state index in [4.69, 9.17) is 14.2 Å². The number of nitrogens with zero attached hydrogens (tertiary/aromatic N) is 2. The second-order valence-corrected chi connectivity index (χ2v) is 7.19. The summed E-state index contributed by atoms with van der Waals surface area (Å²) in [4.78, 5) is 6.79. The molecule has 0 aliphatic carbocycles. The van der Waals surface area contributed by atoms with E-state index < -0.39 is 0 Å². The normalized spacial score (nSPS) is 18.0. The molecule has 1 atom stereocenters. The first-order valence-corrected chi connectivity index (χ1v) is 9.57. The van der Waals surface area contributed by atoms with Gasteiger partial charge in [-0.3, -0.25) is 4.99 Å². The van der Waals surface area contributed by atoms with Gasteiger partial charge in [0, 0.05) is 37.7 Å². The lowest BCUT2D eigenvalue weighted by Crippen LogP contribution is -2.47. The van der Waals surface area contributed by atoms with Gasteiger partial charge in [0.2, 0.25) is 5.75 Å². The van der Waals surface area contributed by atoms with Crippen LogP contribution in [0.4, 0.5) is 0 Å². The number of rotatable bonds is 6. The highest BCUT2D eigenvalue weighted by atomic mass is 32.2. The van der Waals surface area contributed by atoms with E-state index in [1.165, 1.54) is 6.42 Å². The molecule has 140 valence electrons. The van der Waals surface area contributed by atoms with Gasteiger partial charge in [-0.1, -0.05) is 6.92 Å². The third-order valence-electron chi connectivity index (χ3n) is 4.28. The molecule has 25 heavy (non-hydrogen) atoms. The summed E-state index contributed by atoms with van der Waals surface area (Å²) in [5.74, 6) is 4.01. The van der Waals surface area contributed by atoms with Gasteiger partial charge in [-0.05, 0) is 24.1 Å². The van der Waals surface area contributed by atoms with Gasteiger partial charge in [-0.25, -0.2) is 0 Å². The summed E-state index contributed by atoms with van der Waals surface area (Å²) in [5, 5.41) is 4.13. The molecule has 1 saturated heterocycles. The first-order valence-electron chi connectivity index (χ1n) is 8.52. The van der Waals surface area contributed by atoms with Crippen LogP contribution in [0.2, 0.25) is 0 Å². The van der Waals surface area contributed by atoms with E-state index in [0.717, 1.165) is 30.4 Å². The molecule has 1 fully saturated rings. The van der Waals surface area contributed by atoms with E-state index in [9.17, 15) is 0 Å². The first-order chi connectivity index (χ1) is 12.2. The molecule has 1 aromatic rings. The van der Waals surface area contributed by atoms with Crippen molar-refractivity contribution in [2.45, 2.75) is 25.1 Å². The zero-order valence-corrected chi connectivity index (χ0v) is 16.6. The minimum absolute atomic E-state index is 0.608. The maximum absolute atomic E-state index is 5.42. The van der Waals surface area contributed by atoms with Crippen LogP contribution >= 0.6 is 11.8 Å². The van der Waals surface area contributed by atoms with Gasteiger partial charge in [0.15, 0.2) is 17.5 Å². The quantitative estimate of drug-likeness (QED) is 0.616. The molecule has 0 saturated carbocycles. The van der Waals surface area contributed by atoms with Crippen molar-refractivity contribution in [2.75, 3.05) is 47.2 Å². The van der Waals surface area contributed by atoms with Gasteiger partial charge in [0.05, 0.1) is 21.3 Å². The van der Waals surface area contributed by atoms with Crippen molar-refractivity contribution >= 4 is 17.7 Å². The van der Waals surface area contributed by atoms with Gasteiger partial charge in [0.1, 0.15) is 0 Å². The lowest BCUT2D eigenvalue weighted by atomic mass is 10.2. The lowest BCUT2D eigenvalue weighted by molar-refractivity contribution is 0.323. The largest absolute Gasteiger partial charge is 0.493 e. The van der Waals surface area contributed by atoms with Crippen LogP contribution in [0.1, 0.15) is 18.9 Å². The minimum atomic E-state index is 0.608. The van der Waals surface area contributed by atoms with Crippen LogP contribution in [0.5, 0.6) is 17.2 Å². The number of nitrogens with one attached hydrogen (secondary N) is 1. The molecule has 1 aliphatic rings. The molecule has 1 N–H and O–H groups in total. The maximum Gasteiger partial charge on any atom is 0.203 e. The molecule has 0 aromatic heterocycles. The van der Waals surface area contributed by atoms with Gasteiger partial charge in [0.25, 0.3) is 0 Å². The molecule has 0 radical (unpaired) electrons. The fourth-order valence-corrected chi connectivity index (χ4v) is 4.09. The molecule has 6 nitrogen and oxygen atoms in total. The molecule has 1 aromatic carbocycles. The van der Waals surface area contributed by atoms with Crippen LogP contribution in [0.25, 0.3) is 0 Å². The summed E-state index contributed by atoms with van der Waals surface area (Å²) in [6, 6.07) is 3.92. The molecule has 2 rings (SSSR count). The third-order valence-corrected chi connectivity index (χ3v) is 5.65. The van der Waals surface area contributed by atoms with Crippen LogP contribution in [0.3, 0.4) is 0 Å². The molecule has 1 unspecified atom stereocenters. The summed E-state index contributed by atoms with van der Waals surface area (Å²) in [5.41, 5.74) is 1.05. The highest BCUT2D eigenvalue weighted by Crippen LogP contribution is 2.38. The van der Waals surface area contributed by atoms with Crippen LogP contribution in [-0.2, 0) is 6.54 Å². The Labute approximate surface area is 154 Å². The van der Waals surface area contributed by atoms with Crippen molar-refractivity contribution in [2.24, 2.45) is 4.99 Å². The van der Waals surface area contributed by atoms with E-state index in [1.54, 1.807) is 21.3 Å². The first kappa shape index (κ1) is 19.6. The van der Waals surface area contributed by atoms with Crippen molar-refractivity contribution in [3.8, 4) is 17.2 Å². The molecule has 0 amide bonds. The average molecular weight is 368 g/mol. The summed E-state index contributed by atoms with van der Waals surface area (Å²) in [6.07, 6.45) is 1.19. The SMILES string of the molecule is CCC1CN(C(=NC)NCc2cc(OC)c(OC)c(OC)c2)CCS1. The summed E-state index contributed by atoms with van der Waals surface area (Å²) >= 11 is 2.05. The molecular weight excluding hydrogens is 338 g/mol. The Morgan fingerprint density at radius 3 is 2.44 bits per heavy atom. The van der Waals surface area contributed by atoms with E-state index in [0.29, 0.717) is 29.0 Å². The zero-order chi connectivity index (χ0) is 18.2. The predicted molar refractivity (Wildman–Crippen MR) is 104 cm³/mol. The number of benzene rings is 1. The van der Waals surface area contributed by atoms with Crippen LogP contribution in [0.15, 0.2) is 17.1 Å². The maximum atomic E-state index is 5.42. The minimum Gasteiger partial charge on any atom is -0.493 e. The second kappa shape index (κ2) is 9.65. The molecule has 0 spiro atoms. The number of aliphatic imine (C=N–C) groups is 1. The number of guanidine groups is 1. The second-order valence-electron chi connectivity index (χ2n) is 5.78. The van der Waals surface area contributed by atoms with E-state index >= 15 is 0 Å². The van der Waals surface area contributed by atoms with Gasteiger partial charge in [-0.15, -0.1) is 0 Å². The fraction of sp³-hybridized carbons (Fsp3) is 0.611. The van der Waals surface area contributed by atoms with Crippen molar-refractivity contribution < 1.29 is 14.2 Å². The summed E-state index contributed by atoms with van der Waals surface area (Å²) < 4.78 is 16.2. The predicted octanol–water partition coefficient (Wildman–Crippen LogP) is 2.62. The van der Waals surface area contributed by atoms with Crippen molar-refractivity contribution in [3.63, 3.8) is 0 Å². The smallest absolute Gasteiger partial charge is 0.203 e. The van der Waals surface area contributed by atoms with Crippen LogP contribution in [-0.4, -0.2) is 63.3 Å². The summed E-state index contributed by atoms with van der Waals surface area (Å²) in [6.45, 7) is 4.95. The number of hydrogen-bond donors (Lipinski definition) is 1. The monoisotopic (exact) mass is 367 g/mol. The Balaban J connectivity index is 2.08. The number of ether oxygens (including phenoxy) is 3. The Kier molecular flexibility index (Phi) is 7.55. The molecular formula is C18H29N3O3S. The van der Waals surface area contributed by atoms with Gasteiger partial charge < -0.3 is 24.4 Å². The molecule has 1 aliphatic heterocycles. The Bertz CT molecular complexity index is 570. The van der Waals surface area contributed by atoms with E-state index in [-0.39, 0.29) is 0 Å². The Morgan fingerprint density at radius 2 is 1.92 bits per heavy atom. The molecule has 0 bridgehead atoms. The van der Waals surface area contributed by atoms with Gasteiger partial charge in [-0.2, -0.15) is 11.8 Å². The van der Waals surface area contributed by atoms with Crippen molar-refractivity contribution in [1.82, 2.24) is 10.2 Å². The zero-order valence-electron chi connectivity index (χ0n) is 15.8. The standard InChI is InChI=1S/C18H29N3O3S/c1-6-14-12-21(7-8-25-14)18(19-2)20-11-13-9-15(22-3)17(24-5)16(10-13)23-4/h9-10,14H,6-8,11-12H2,1-5H3,(H,19,20). The van der Waals surface area contributed by atoms with E-state index in [2.05, 4.69) is 33.9 Å². The average Bonchev–Trinajstić information content (AvgIpc) is 2.67. The van der Waals surface area contributed by atoms with Crippen LogP contribution < -0.4 is 19.5 Å². The number of thioether (sulfide) groups is 1. The van der Waals surface area contributed by atoms with Crippen LogP contribution in [0, 0.1) is 0 Å². The Hall–Kier alpha value is -1.76. The topological polar surface area (TPSA) is 55.3 Å². The Morgan fingerprint density at radius 1 is 1.24 bits per heavy atom. The highest BCUT2D eigenvalue weighted by molar-refractivity contribution is 8.00.